The zero-order chi connectivity index (χ0) is 14.1. The predicted octanol–water partition coefficient (Wildman–Crippen LogP) is 2.68. The molecule has 1 rings (SSSR count). The van der Waals surface area contributed by atoms with Crippen LogP contribution in [0.2, 0.25) is 0 Å². The van der Waals surface area contributed by atoms with Crippen LogP contribution in [0.25, 0.3) is 0 Å². The molecule has 0 aliphatic carbocycles. The number of halogens is 1. The van der Waals surface area contributed by atoms with Gasteiger partial charge in [0.15, 0.2) is 5.96 Å². The molecule has 0 saturated carbocycles. The Balaban J connectivity index is 0.00000361. The molecule has 0 spiro atoms. The smallest absolute Gasteiger partial charge is 0.191 e. The van der Waals surface area contributed by atoms with Crippen molar-refractivity contribution in [1.29, 1.82) is 0 Å². The molecule has 0 unspecified atom stereocenters. The zero-order valence-electron chi connectivity index (χ0n) is 12.9. The first-order chi connectivity index (χ1) is 9.21. The lowest BCUT2D eigenvalue weighted by Gasteiger charge is -2.19. The molecule has 1 aromatic heterocycles. The Labute approximate surface area is 144 Å². The van der Waals surface area contributed by atoms with Gasteiger partial charge in [-0.2, -0.15) is 0 Å². The lowest BCUT2D eigenvalue weighted by molar-refractivity contribution is 0.308. The number of guanidine groups is 1. The third kappa shape index (κ3) is 6.90. The van der Waals surface area contributed by atoms with E-state index in [1.165, 1.54) is 10.4 Å². The van der Waals surface area contributed by atoms with E-state index in [0.29, 0.717) is 0 Å². The number of rotatable bonds is 7. The summed E-state index contributed by atoms with van der Waals surface area (Å²) in [6, 6.07) is 2.15. The molecular formula is C14H27IN4S. The molecular weight excluding hydrogens is 383 g/mol. The van der Waals surface area contributed by atoms with Crippen molar-refractivity contribution in [3.05, 3.63) is 21.9 Å². The lowest BCUT2D eigenvalue weighted by atomic mass is 10.3. The van der Waals surface area contributed by atoms with Gasteiger partial charge in [0, 0.05) is 25.0 Å². The van der Waals surface area contributed by atoms with E-state index in [-0.39, 0.29) is 24.0 Å². The highest BCUT2D eigenvalue weighted by molar-refractivity contribution is 14.0. The third-order valence-corrected chi connectivity index (χ3v) is 4.25. The molecule has 0 bridgehead atoms. The second-order valence-electron chi connectivity index (χ2n) is 4.41. The first-order valence-electron chi connectivity index (χ1n) is 6.91. The highest BCUT2D eigenvalue weighted by Crippen LogP contribution is 2.14. The van der Waals surface area contributed by atoms with Crippen molar-refractivity contribution in [2.45, 2.75) is 27.3 Å². The van der Waals surface area contributed by atoms with Gasteiger partial charge in [0.25, 0.3) is 0 Å². The molecule has 20 heavy (non-hydrogen) atoms. The largest absolute Gasteiger partial charge is 0.355 e. The summed E-state index contributed by atoms with van der Waals surface area (Å²) in [6.45, 7) is 11.5. The van der Waals surface area contributed by atoms with Gasteiger partial charge in [-0.05, 0) is 37.0 Å². The maximum atomic E-state index is 4.25. The van der Waals surface area contributed by atoms with Gasteiger partial charge in [-0.25, -0.2) is 0 Å². The van der Waals surface area contributed by atoms with Gasteiger partial charge >= 0.3 is 0 Å². The molecule has 0 aliphatic heterocycles. The van der Waals surface area contributed by atoms with Crippen molar-refractivity contribution >= 4 is 41.3 Å². The molecule has 0 aliphatic rings. The van der Waals surface area contributed by atoms with Crippen molar-refractivity contribution in [2.24, 2.45) is 4.99 Å². The van der Waals surface area contributed by atoms with Crippen LogP contribution in [-0.4, -0.2) is 44.1 Å². The van der Waals surface area contributed by atoms with Crippen LogP contribution in [0.3, 0.4) is 0 Å². The monoisotopic (exact) mass is 410 g/mol. The standard InChI is InChI=1S/C14H26N4S.HI/c1-5-18(6-2)9-8-16-14(15-4)17-11-13-12(3)7-10-19-13;/h7,10H,5-6,8-9,11H2,1-4H3,(H2,15,16,17);1H. The minimum atomic E-state index is 0. The van der Waals surface area contributed by atoms with Crippen LogP contribution < -0.4 is 10.6 Å². The summed E-state index contributed by atoms with van der Waals surface area (Å²) in [5.74, 6) is 0.875. The van der Waals surface area contributed by atoms with Gasteiger partial charge in [-0.15, -0.1) is 35.3 Å². The van der Waals surface area contributed by atoms with Crippen LogP contribution in [0, 0.1) is 6.92 Å². The SMILES string of the molecule is CCN(CC)CCNC(=NC)NCc1sccc1C.I. The molecule has 0 radical (unpaired) electrons. The number of nitrogens with zero attached hydrogens (tertiary/aromatic N) is 2. The summed E-state index contributed by atoms with van der Waals surface area (Å²) >= 11 is 1.78. The van der Waals surface area contributed by atoms with Crippen LogP contribution in [0.4, 0.5) is 0 Å². The Hall–Kier alpha value is -0.340. The highest BCUT2D eigenvalue weighted by atomic mass is 127. The molecule has 4 nitrogen and oxygen atoms in total. The van der Waals surface area contributed by atoms with Crippen LogP contribution >= 0.6 is 35.3 Å². The molecule has 2 N–H and O–H groups in total. The molecule has 0 saturated heterocycles. The van der Waals surface area contributed by atoms with Crippen LogP contribution in [0.1, 0.15) is 24.3 Å². The van der Waals surface area contributed by atoms with Crippen LogP contribution in [0.15, 0.2) is 16.4 Å². The average molecular weight is 410 g/mol. The van der Waals surface area contributed by atoms with Gasteiger partial charge in [-0.3, -0.25) is 4.99 Å². The first-order valence-corrected chi connectivity index (χ1v) is 7.79. The summed E-state index contributed by atoms with van der Waals surface area (Å²) in [5, 5.41) is 8.83. The summed E-state index contributed by atoms with van der Waals surface area (Å²) in [7, 11) is 1.81. The average Bonchev–Trinajstić information content (AvgIpc) is 2.84. The second-order valence-corrected chi connectivity index (χ2v) is 5.41. The van der Waals surface area contributed by atoms with Crippen LogP contribution in [0.5, 0.6) is 0 Å². The Morgan fingerprint density at radius 3 is 2.50 bits per heavy atom. The minimum Gasteiger partial charge on any atom is -0.355 e. The third-order valence-electron chi connectivity index (χ3n) is 3.22. The Morgan fingerprint density at radius 1 is 1.30 bits per heavy atom. The fourth-order valence-corrected chi connectivity index (χ4v) is 2.69. The van der Waals surface area contributed by atoms with Crippen LogP contribution in [-0.2, 0) is 6.54 Å². The van der Waals surface area contributed by atoms with Gasteiger partial charge in [0.1, 0.15) is 0 Å². The van der Waals surface area contributed by atoms with Crippen molar-refractivity contribution < 1.29 is 0 Å². The number of aryl methyl sites for hydroxylation is 1. The minimum absolute atomic E-state index is 0. The molecule has 1 aromatic rings. The van der Waals surface area contributed by atoms with E-state index in [1.807, 2.05) is 7.05 Å². The number of likely N-dealkylation sites (N-methyl/N-ethyl adjacent to an activating group) is 1. The van der Waals surface area contributed by atoms with Crippen molar-refractivity contribution in [3.8, 4) is 0 Å². The fourth-order valence-electron chi connectivity index (χ4n) is 1.84. The maximum absolute atomic E-state index is 4.25. The van der Waals surface area contributed by atoms with Gasteiger partial charge < -0.3 is 15.5 Å². The van der Waals surface area contributed by atoms with Crippen molar-refractivity contribution in [3.63, 3.8) is 0 Å². The van der Waals surface area contributed by atoms with E-state index >= 15 is 0 Å². The molecule has 0 amide bonds. The molecule has 0 atom stereocenters. The summed E-state index contributed by atoms with van der Waals surface area (Å²) in [5.41, 5.74) is 1.34. The van der Waals surface area contributed by atoms with Gasteiger partial charge in [-0.1, -0.05) is 13.8 Å². The quantitative estimate of drug-likeness (QED) is 0.413. The van der Waals surface area contributed by atoms with E-state index in [9.17, 15) is 0 Å². The maximum Gasteiger partial charge on any atom is 0.191 e. The number of hydrogen-bond acceptors (Lipinski definition) is 3. The Bertz CT molecular complexity index is 388. The van der Waals surface area contributed by atoms with E-state index in [0.717, 1.165) is 38.7 Å². The van der Waals surface area contributed by atoms with Gasteiger partial charge in [0.2, 0.25) is 0 Å². The summed E-state index contributed by atoms with van der Waals surface area (Å²) < 4.78 is 0. The van der Waals surface area contributed by atoms with E-state index < -0.39 is 0 Å². The molecule has 116 valence electrons. The summed E-state index contributed by atoms with van der Waals surface area (Å²) in [4.78, 5) is 8.01. The zero-order valence-corrected chi connectivity index (χ0v) is 16.0. The first kappa shape index (κ1) is 19.7. The van der Waals surface area contributed by atoms with Crippen molar-refractivity contribution in [2.75, 3.05) is 33.2 Å². The Kier molecular flexibility index (Phi) is 11.1. The Morgan fingerprint density at radius 2 is 2.00 bits per heavy atom. The van der Waals surface area contributed by atoms with Gasteiger partial charge in [0.05, 0.1) is 6.54 Å². The topological polar surface area (TPSA) is 39.7 Å². The predicted molar refractivity (Wildman–Crippen MR) is 100 cm³/mol. The van der Waals surface area contributed by atoms with E-state index in [4.69, 9.17) is 0 Å². The number of aliphatic imine (C=N–C) groups is 1. The molecule has 6 heteroatoms. The lowest BCUT2D eigenvalue weighted by Crippen LogP contribution is -2.41. The number of thiophene rings is 1. The summed E-state index contributed by atoms with van der Waals surface area (Å²) in [6.07, 6.45) is 0. The van der Waals surface area contributed by atoms with E-state index in [2.05, 4.69) is 52.7 Å². The number of nitrogens with one attached hydrogen (secondary N) is 2. The molecule has 0 aromatic carbocycles. The normalized spacial score (nSPS) is 11.3. The molecule has 0 fully saturated rings. The number of hydrogen-bond donors (Lipinski definition) is 2. The van der Waals surface area contributed by atoms with E-state index in [1.54, 1.807) is 11.3 Å². The van der Waals surface area contributed by atoms with Crippen molar-refractivity contribution in [1.82, 2.24) is 15.5 Å². The molecule has 1 heterocycles. The fraction of sp³-hybridized carbons (Fsp3) is 0.643. The highest BCUT2D eigenvalue weighted by Gasteiger charge is 2.03. The second kappa shape index (κ2) is 11.3.